The van der Waals surface area contributed by atoms with Gasteiger partial charge >= 0.3 is 0 Å². The minimum Gasteiger partial charge on any atom is -0.497 e. The second kappa shape index (κ2) is 14.8. The van der Waals surface area contributed by atoms with Crippen LogP contribution in [0.15, 0.2) is 119 Å². The van der Waals surface area contributed by atoms with Crippen molar-refractivity contribution in [2.75, 3.05) is 18.0 Å². The lowest BCUT2D eigenvalue weighted by Crippen LogP contribution is -2.56. The van der Waals surface area contributed by atoms with Crippen LogP contribution in [-0.4, -0.2) is 50.4 Å². The first-order valence-electron chi connectivity index (χ1n) is 14.5. The fourth-order valence-corrected chi connectivity index (χ4v) is 6.49. The Balaban J connectivity index is 1.81. The van der Waals surface area contributed by atoms with Gasteiger partial charge in [-0.1, -0.05) is 76.6 Å². The highest BCUT2D eigenvalue weighted by atomic mass is 79.9. The summed E-state index contributed by atoms with van der Waals surface area (Å²) in [6.45, 7) is 5.19. The van der Waals surface area contributed by atoms with Gasteiger partial charge in [-0.2, -0.15) is 0 Å². The van der Waals surface area contributed by atoms with Crippen molar-refractivity contribution < 1.29 is 22.7 Å². The predicted molar refractivity (Wildman–Crippen MR) is 180 cm³/mol. The van der Waals surface area contributed by atoms with Crippen LogP contribution in [-0.2, 0) is 32.6 Å². The van der Waals surface area contributed by atoms with E-state index in [1.54, 1.807) is 42.5 Å². The number of nitrogens with one attached hydrogen (secondary N) is 1. The van der Waals surface area contributed by atoms with Crippen LogP contribution in [0.1, 0.15) is 31.9 Å². The second-order valence-corrected chi connectivity index (χ2v) is 14.4. The molecule has 0 spiro atoms. The summed E-state index contributed by atoms with van der Waals surface area (Å²) in [5.74, 6) is -0.322. The van der Waals surface area contributed by atoms with Crippen molar-refractivity contribution in [1.82, 2.24) is 10.2 Å². The van der Waals surface area contributed by atoms with E-state index in [0.717, 1.165) is 19.9 Å². The highest BCUT2D eigenvalue weighted by Crippen LogP contribution is 2.27. The second-order valence-electron chi connectivity index (χ2n) is 11.6. The highest BCUT2D eigenvalue weighted by molar-refractivity contribution is 9.10. The minimum absolute atomic E-state index is 0.0411. The van der Waals surface area contributed by atoms with Gasteiger partial charge < -0.3 is 15.0 Å². The van der Waals surface area contributed by atoms with Gasteiger partial charge in [-0.25, -0.2) is 8.42 Å². The third kappa shape index (κ3) is 9.18. The molecule has 10 heteroatoms. The van der Waals surface area contributed by atoms with E-state index in [9.17, 15) is 18.0 Å². The monoisotopic (exact) mass is 691 g/mol. The molecule has 0 radical (unpaired) electrons. The summed E-state index contributed by atoms with van der Waals surface area (Å²) in [6, 6.07) is 30.4. The lowest BCUT2D eigenvalue weighted by molar-refractivity contribution is -0.140. The van der Waals surface area contributed by atoms with Gasteiger partial charge in [0.25, 0.3) is 10.0 Å². The van der Waals surface area contributed by atoms with Crippen molar-refractivity contribution in [3.05, 3.63) is 125 Å². The summed E-state index contributed by atoms with van der Waals surface area (Å²) in [5, 5.41) is 3.04. The molecule has 0 aliphatic heterocycles. The molecule has 0 saturated carbocycles. The average molecular weight is 693 g/mol. The summed E-state index contributed by atoms with van der Waals surface area (Å²) in [6.07, 6.45) is 0.235. The van der Waals surface area contributed by atoms with Crippen LogP contribution in [0.5, 0.6) is 5.75 Å². The van der Waals surface area contributed by atoms with E-state index in [1.807, 2.05) is 75.4 Å². The molecule has 0 aromatic heterocycles. The van der Waals surface area contributed by atoms with Crippen LogP contribution >= 0.6 is 15.9 Å². The first-order chi connectivity index (χ1) is 21.4. The number of methoxy groups -OCH3 is 1. The lowest BCUT2D eigenvalue weighted by Gasteiger charge is -2.35. The Hall–Kier alpha value is -4.15. The molecule has 4 aromatic carbocycles. The fraction of sp³-hybridized carbons (Fsp3) is 0.257. The van der Waals surface area contributed by atoms with Crippen LogP contribution in [0.25, 0.3) is 0 Å². The van der Waals surface area contributed by atoms with Crippen molar-refractivity contribution in [2.45, 2.75) is 50.2 Å². The van der Waals surface area contributed by atoms with Gasteiger partial charge in [0.05, 0.1) is 17.7 Å². The third-order valence-electron chi connectivity index (χ3n) is 7.01. The smallest absolute Gasteiger partial charge is 0.264 e. The van der Waals surface area contributed by atoms with Gasteiger partial charge in [0, 0.05) is 23.0 Å². The van der Waals surface area contributed by atoms with Gasteiger partial charge in [-0.05, 0) is 80.4 Å². The normalized spacial score (nSPS) is 12.2. The number of halogens is 1. The number of hydrogen-bond acceptors (Lipinski definition) is 5. The molecule has 0 fully saturated rings. The molecule has 0 aliphatic rings. The van der Waals surface area contributed by atoms with Gasteiger partial charge in [-0.3, -0.25) is 13.9 Å². The van der Waals surface area contributed by atoms with Crippen LogP contribution in [0.2, 0.25) is 0 Å². The Morgan fingerprint density at radius 3 is 1.96 bits per heavy atom. The van der Waals surface area contributed by atoms with Crippen LogP contribution in [0.3, 0.4) is 0 Å². The molecule has 1 atom stereocenters. The van der Waals surface area contributed by atoms with Gasteiger partial charge in [-0.15, -0.1) is 0 Å². The van der Waals surface area contributed by atoms with Crippen LogP contribution < -0.4 is 14.4 Å². The summed E-state index contributed by atoms with van der Waals surface area (Å²) in [5.41, 5.74) is 1.37. The van der Waals surface area contributed by atoms with E-state index in [1.165, 1.54) is 24.1 Å². The van der Waals surface area contributed by atoms with Gasteiger partial charge in [0.15, 0.2) is 0 Å². The van der Waals surface area contributed by atoms with Crippen molar-refractivity contribution in [3.63, 3.8) is 0 Å². The first kappa shape index (κ1) is 33.7. The molecule has 8 nitrogen and oxygen atoms in total. The quantitative estimate of drug-likeness (QED) is 0.191. The summed E-state index contributed by atoms with van der Waals surface area (Å²) >= 11 is 3.46. The molecule has 0 aliphatic carbocycles. The molecular weight excluding hydrogens is 654 g/mol. The lowest BCUT2D eigenvalue weighted by atomic mass is 10.0. The summed E-state index contributed by atoms with van der Waals surface area (Å²) in [7, 11) is -2.66. The Morgan fingerprint density at radius 2 is 1.40 bits per heavy atom. The predicted octanol–water partition coefficient (Wildman–Crippen LogP) is 6.21. The summed E-state index contributed by atoms with van der Waals surface area (Å²) < 4.78 is 35.4. The first-order valence-corrected chi connectivity index (χ1v) is 16.7. The van der Waals surface area contributed by atoms with Gasteiger partial charge in [0.1, 0.15) is 18.3 Å². The number of carbonyl (C=O) groups excluding carboxylic acids is 2. The average Bonchev–Trinajstić information content (AvgIpc) is 3.02. The van der Waals surface area contributed by atoms with E-state index < -0.39 is 34.1 Å². The Labute approximate surface area is 274 Å². The topological polar surface area (TPSA) is 96.0 Å². The Kier molecular flexibility index (Phi) is 11.1. The number of sulfonamides is 1. The fourth-order valence-electron chi connectivity index (χ4n) is 4.79. The molecule has 0 unspecified atom stereocenters. The maximum Gasteiger partial charge on any atom is 0.264 e. The molecular formula is C35H38BrN3O5S. The van der Waals surface area contributed by atoms with E-state index in [0.29, 0.717) is 5.75 Å². The number of carbonyl (C=O) groups is 2. The Bertz CT molecular complexity index is 1680. The van der Waals surface area contributed by atoms with Crippen molar-refractivity contribution in [1.29, 1.82) is 0 Å². The number of anilines is 1. The zero-order valence-corrected chi connectivity index (χ0v) is 28.2. The SMILES string of the molecule is COc1ccc(N(CC(=O)N(Cc2ccc(Br)cc2)[C@H](Cc2ccccc2)C(=O)NC(C)(C)C)S(=O)(=O)c2ccccc2)cc1. The van der Waals surface area contributed by atoms with Crippen LogP contribution in [0.4, 0.5) is 5.69 Å². The third-order valence-corrected chi connectivity index (χ3v) is 9.32. The number of amides is 2. The number of hydrogen-bond donors (Lipinski definition) is 1. The minimum atomic E-state index is -4.18. The molecule has 1 N–H and O–H groups in total. The van der Waals surface area contributed by atoms with E-state index in [2.05, 4.69) is 21.2 Å². The molecule has 0 saturated heterocycles. The molecule has 236 valence electrons. The maximum atomic E-state index is 14.5. The van der Waals surface area contributed by atoms with E-state index in [-0.39, 0.29) is 29.5 Å². The van der Waals surface area contributed by atoms with Crippen molar-refractivity contribution in [2.24, 2.45) is 0 Å². The maximum absolute atomic E-state index is 14.5. The van der Waals surface area contributed by atoms with Crippen molar-refractivity contribution in [3.8, 4) is 5.75 Å². The zero-order valence-electron chi connectivity index (χ0n) is 25.8. The van der Waals surface area contributed by atoms with E-state index >= 15 is 0 Å². The van der Waals surface area contributed by atoms with Crippen molar-refractivity contribution >= 4 is 43.5 Å². The number of nitrogens with zero attached hydrogens (tertiary/aromatic N) is 2. The number of ether oxygens (including phenoxy) is 1. The number of rotatable bonds is 12. The molecule has 0 bridgehead atoms. The standard InChI is InChI=1S/C35H38BrN3O5S/c1-35(2,3)37-34(41)32(23-26-11-7-5-8-12-26)38(24-27-15-17-28(36)18-16-27)33(40)25-39(29-19-21-30(44-4)22-20-29)45(42,43)31-13-9-6-10-14-31/h5-22,32H,23-25H2,1-4H3,(H,37,41)/t32-/m1/s1. The van der Waals surface area contributed by atoms with Crippen LogP contribution in [0, 0.1) is 0 Å². The zero-order chi connectivity index (χ0) is 32.6. The molecule has 4 aromatic rings. The molecule has 4 rings (SSSR count). The highest BCUT2D eigenvalue weighted by Gasteiger charge is 2.35. The molecule has 45 heavy (non-hydrogen) atoms. The largest absolute Gasteiger partial charge is 0.497 e. The molecule has 2 amide bonds. The van der Waals surface area contributed by atoms with Gasteiger partial charge in [0.2, 0.25) is 11.8 Å². The Morgan fingerprint density at radius 1 is 0.822 bits per heavy atom. The number of benzene rings is 4. The van der Waals surface area contributed by atoms with E-state index in [4.69, 9.17) is 4.74 Å². The molecule has 0 heterocycles. The summed E-state index contributed by atoms with van der Waals surface area (Å²) in [4.78, 5) is 30.0.